The lowest BCUT2D eigenvalue weighted by atomic mass is 10.0. The summed E-state index contributed by atoms with van der Waals surface area (Å²) >= 11 is 0. The summed E-state index contributed by atoms with van der Waals surface area (Å²) in [6.07, 6.45) is 2.08. The van der Waals surface area contributed by atoms with Crippen molar-refractivity contribution in [2.45, 2.75) is 31.9 Å². The van der Waals surface area contributed by atoms with Crippen LogP contribution in [-0.2, 0) is 11.3 Å². The zero-order chi connectivity index (χ0) is 16.0. The number of nitrogens with zero attached hydrogens (tertiary/aromatic N) is 2. The van der Waals surface area contributed by atoms with E-state index in [1.54, 1.807) is 25.2 Å². The van der Waals surface area contributed by atoms with Crippen molar-refractivity contribution in [1.82, 2.24) is 10.6 Å². The highest BCUT2D eigenvalue weighted by Gasteiger charge is 2.29. The summed E-state index contributed by atoms with van der Waals surface area (Å²) in [5.41, 5.74) is 0.562. The molecule has 2 N–H and O–H groups in total. The van der Waals surface area contributed by atoms with Crippen molar-refractivity contribution in [1.29, 1.82) is 0 Å². The predicted molar refractivity (Wildman–Crippen MR) is 84.9 cm³/mol. The molecule has 1 heterocycles. The first kappa shape index (κ1) is 16.2. The smallest absolute Gasteiger partial charge is 0.274 e. The fourth-order valence-corrected chi connectivity index (χ4v) is 2.48. The normalized spacial score (nSPS) is 21.6. The lowest BCUT2D eigenvalue weighted by Crippen LogP contribution is -2.45. The largest absolute Gasteiger partial charge is 0.373 e. The summed E-state index contributed by atoms with van der Waals surface area (Å²) < 4.78 is 5.71. The van der Waals surface area contributed by atoms with Crippen LogP contribution in [0.4, 0.5) is 5.69 Å². The third-order valence-electron chi connectivity index (χ3n) is 3.79. The monoisotopic (exact) mass is 306 g/mol. The van der Waals surface area contributed by atoms with E-state index in [9.17, 15) is 10.1 Å². The number of hydrogen-bond donors (Lipinski definition) is 2. The van der Waals surface area contributed by atoms with Gasteiger partial charge in [-0.2, -0.15) is 0 Å². The van der Waals surface area contributed by atoms with Crippen LogP contribution in [0.25, 0.3) is 0 Å². The summed E-state index contributed by atoms with van der Waals surface area (Å²) in [6.45, 7) is 3.86. The summed E-state index contributed by atoms with van der Waals surface area (Å²) in [7, 11) is 1.67. The van der Waals surface area contributed by atoms with E-state index >= 15 is 0 Å². The van der Waals surface area contributed by atoms with Gasteiger partial charge in [0.15, 0.2) is 5.96 Å². The van der Waals surface area contributed by atoms with E-state index in [1.165, 1.54) is 6.07 Å². The van der Waals surface area contributed by atoms with Crippen LogP contribution in [0.5, 0.6) is 0 Å². The molecule has 0 saturated carbocycles. The minimum atomic E-state index is -0.374. The van der Waals surface area contributed by atoms with Crippen molar-refractivity contribution in [3.63, 3.8) is 0 Å². The molecule has 1 atom stereocenters. The lowest BCUT2D eigenvalue weighted by molar-refractivity contribution is -0.385. The zero-order valence-electron chi connectivity index (χ0n) is 13.0. The van der Waals surface area contributed by atoms with Gasteiger partial charge in [-0.05, 0) is 19.8 Å². The number of guanidine groups is 1. The minimum Gasteiger partial charge on any atom is -0.373 e. The van der Waals surface area contributed by atoms with E-state index in [1.807, 2.05) is 0 Å². The van der Waals surface area contributed by atoms with Gasteiger partial charge < -0.3 is 15.4 Å². The second-order valence-electron chi connectivity index (χ2n) is 5.57. The quantitative estimate of drug-likeness (QED) is 0.375. The molecule has 0 bridgehead atoms. The topological polar surface area (TPSA) is 88.8 Å². The molecule has 1 saturated heterocycles. The molecule has 1 aliphatic heterocycles. The molecule has 0 aromatic heterocycles. The SMILES string of the molecule is CN=C(NCc1ccccc1[N+](=O)[O-])NCC1(C)CCCO1. The molecule has 0 spiro atoms. The van der Waals surface area contributed by atoms with Gasteiger partial charge in [0.1, 0.15) is 0 Å². The molecule has 1 aromatic carbocycles. The molecule has 2 rings (SSSR count). The highest BCUT2D eigenvalue weighted by Crippen LogP contribution is 2.23. The Balaban J connectivity index is 1.90. The van der Waals surface area contributed by atoms with Gasteiger partial charge in [0.2, 0.25) is 0 Å². The standard InChI is InChI=1S/C15H22N4O3/c1-15(8-5-9-22-15)11-18-14(16-2)17-10-12-6-3-4-7-13(12)19(20)21/h3-4,6-7H,5,8-11H2,1-2H3,(H2,16,17,18). The highest BCUT2D eigenvalue weighted by molar-refractivity contribution is 5.79. The number of ether oxygens (including phenoxy) is 1. The van der Waals surface area contributed by atoms with E-state index in [4.69, 9.17) is 4.74 Å². The maximum atomic E-state index is 11.0. The third-order valence-corrected chi connectivity index (χ3v) is 3.79. The van der Waals surface area contributed by atoms with E-state index in [2.05, 4.69) is 22.5 Å². The molecule has 7 heteroatoms. The average Bonchev–Trinajstić information content (AvgIpc) is 2.95. The number of nitro benzene ring substituents is 1. The summed E-state index contributed by atoms with van der Waals surface area (Å²) in [6, 6.07) is 6.68. The van der Waals surface area contributed by atoms with Crippen LogP contribution in [0.3, 0.4) is 0 Å². The maximum absolute atomic E-state index is 11.0. The molecule has 22 heavy (non-hydrogen) atoms. The van der Waals surface area contributed by atoms with Crippen LogP contribution in [-0.4, -0.2) is 36.7 Å². The van der Waals surface area contributed by atoms with Crippen LogP contribution in [0, 0.1) is 10.1 Å². The van der Waals surface area contributed by atoms with Gasteiger partial charge in [0, 0.05) is 38.4 Å². The second kappa shape index (κ2) is 7.22. The summed E-state index contributed by atoms with van der Waals surface area (Å²) in [5, 5.41) is 17.3. The van der Waals surface area contributed by atoms with Crippen molar-refractivity contribution in [3.05, 3.63) is 39.9 Å². The molecule has 1 aliphatic rings. The molecule has 120 valence electrons. The first-order valence-electron chi connectivity index (χ1n) is 7.35. The van der Waals surface area contributed by atoms with Crippen LogP contribution in [0.1, 0.15) is 25.3 Å². The maximum Gasteiger partial charge on any atom is 0.274 e. The van der Waals surface area contributed by atoms with E-state index in [-0.39, 0.29) is 16.2 Å². The Morgan fingerprint density at radius 3 is 2.86 bits per heavy atom. The van der Waals surface area contributed by atoms with Crippen molar-refractivity contribution < 1.29 is 9.66 Å². The molecule has 7 nitrogen and oxygen atoms in total. The Morgan fingerprint density at radius 2 is 2.23 bits per heavy atom. The van der Waals surface area contributed by atoms with Gasteiger partial charge in [-0.3, -0.25) is 15.1 Å². The van der Waals surface area contributed by atoms with E-state index in [0.717, 1.165) is 19.4 Å². The van der Waals surface area contributed by atoms with E-state index < -0.39 is 0 Å². The molecule has 0 amide bonds. The second-order valence-corrected chi connectivity index (χ2v) is 5.57. The fraction of sp³-hybridized carbons (Fsp3) is 0.533. The Hall–Kier alpha value is -2.15. The van der Waals surface area contributed by atoms with Gasteiger partial charge in [0.05, 0.1) is 10.5 Å². The zero-order valence-corrected chi connectivity index (χ0v) is 13.0. The Labute approximate surface area is 129 Å². The lowest BCUT2D eigenvalue weighted by Gasteiger charge is -2.24. The number of nitrogens with one attached hydrogen (secondary N) is 2. The summed E-state index contributed by atoms with van der Waals surface area (Å²) in [5.74, 6) is 0.606. The van der Waals surface area contributed by atoms with Gasteiger partial charge in [0.25, 0.3) is 5.69 Å². The molecular formula is C15H22N4O3. The fourth-order valence-electron chi connectivity index (χ4n) is 2.48. The predicted octanol–water partition coefficient (Wildman–Crippen LogP) is 1.83. The molecule has 0 aliphatic carbocycles. The van der Waals surface area contributed by atoms with Crippen LogP contribution in [0.15, 0.2) is 29.3 Å². The van der Waals surface area contributed by atoms with Crippen molar-refractivity contribution in [2.75, 3.05) is 20.2 Å². The summed E-state index contributed by atoms with van der Waals surface area (Å²) in [4.78, 5) is 14.8. The first-order chi connectivity index (χ1) is 10.5. The highest BCUT2D eigenvalue weighted by atomic mass is 16.6. The Bertz CT molecular complexity index is 553. The minimum absolute atomic E-state index is 0.108. The average molecular weight is 306 g/mol. The van der Waals surface area contributed by atoms with Gasteiger partial charge in [-0.15, -0.1) is 0 Å². The van der Waals surface area contributed by atoms with Gasteiger partial charge in [-0.1, -0.05) is 18.2 Å². The number of hydrogen-bond acceptors (Lipinski definition) is 4. The molecule has 1 unspecified atom stereocenters. The number of aliphatic imine (C=N–C) groups is 1. The van der Waals surface area contributed by atoms with Crippen molar-refractivity contribution in [3.8, 4) is 0 Å². The number of nitro groups is 1. The number of para-hydroxylation sites is 1. The van der Waals surface area contributed by atoms with Crippen molar-refractivity contribution >= 4 is 11.6 Å². The molecule has 1 aromatic rings. The third kappa shape index (κ3) is 4.17. The van der Waals surface area contributed by atoms with Crippen LogP contribution < -0.4 is 10.6 Å². The molecular weight excluding hydrogens is 284 g/mol. The van der Waals surface area contributed by atoms with Crippen molar-refractivity contribution in [2.24, 2.45) is 4.99 Å². The molecule has 0 radical (unpaired) electrons. The molecule has 1 fully saturated rings. The van der Waals surface area contributed by atoms with Crippen LogP contribution in [0.2, 0.25) is 0 Å². The number of rotatable bonds is 5. The van der Waals surface area contributed by atoms with E-state index in [0.29, 0.717) is 24.6 Å². The Kier molecular flexibility index (Phi) is 5.32. The van der Waals surface area contributed by atoms with Crippen LogP contribution >= 0.6 is 0 Å². The Morgan fingerprint density at radius 1 is 1.45 bits per heavy atom. The number of benzene rings is 1. The van der Waals surface area contributed by atoms with Gasteiger partial charge >= 0.3 is 0 Å². The first-order valence-corrected chi connectivity index (χ1v) is 7.35. The van der Waals surface area contributed by atoms with Gasteiger partial charge in [-0.25, -0.2) is 0 Å².